The SMILES string of the molecule is CC(C)(O)c1nnsc1-c1ccccc1. The molecule has 0 fully saturated rings. The molecule has 0 amide bonds. The molecule has 2 aromatic rings. The van der Waals surface area contributed by atoms with E-state index in [0.717, 1.165) is 10.4 Å². The number of hydrogen-bond donors (Lipinski definition) is 1. The largest absolute Gasteiger partial charge is 0.384 e. The van der Waals surface area contributed by atoms with E-state index in [-0.39, 0.29) is 0 Å². The molecule has 3 nitrogen and oxygen atoms in total. The van der Waals surface area contributed by atoms with Gasteiger partial charge in [-0.2, -0.15) is 0 Å². The molecular formula is C11H12N2OS. The van der Waals surface area contributed by atoms with E-state index < -0.39 is 5.60 Å². The van der Waals surface area contributed by atoms with Gasteiger partial charge in [-0.1, -0.05) is 34.8 Å². The van der Waals surface area contributed by atoms with Crippen LogP contribution in [0.2, 0.25) is 0 Å². The standard InChI is InChI=1S/C11H12N2OS/c1-11(2,14)10-9(15-13-12-10)8-6-4-3-5-7-8/h3-7,14H,1-2H3. The fraction of sp³-hybridized carbons (Fsp3) is 0.273. The number of rotatable bonds is 2. The summed E-state index contributed by atoms with van der Waals surface area (Å²) >= 11 is 1.31. The van der Waals surface area contributed by atoms with Crippen molar-refractivity contribution in [3.05, 3.63) is 36.0 Å². The van der Waals surface area contributed by atoms with Gasteiger partial charge in [-0.05, 0) is 30.9 Å². The summed E-state index contributed by atoms with van der Waals surface area (Å²) in [6, 6.07) is 9.86. The van der Waals surface area contributed by atoms with Gasteiger partial charge in [-0.25, -0.2) is 0 Å². The lowest BCUT2D eigenvalue weighted by Gasteiger charge is -2.15. The summed E-state index contributed by atoms with van der Waals surface area (Å²) in [5.74, 6) is 0. The highest BCUT2D eigenvalue weighted by molar-refractivity contribution is 7.09. The van der Waals surface area contributed by atoms with Gasteiger partial charge in [0.15, 0.2) is 0 Å². The smallest absolute Gasteiger partial charge is 0.114 e. The molecule has 78 valence electrons. The molecule has 0 unspecified atom stereocenters. The van der Waals surface area contributed by atoms with Crippen molar-refractivity contribution in [3.63, 3.8) is 0 Å². The number of hydrogen-bond acceptors (Lipinski definition) is 4. The number of benzene rings is 1. The highest BCUT2D eigenvalue weighted by Crippen LogP contribution is 2.32. The predicted octanol–water partition coefficient (Wildman–Crippen LogP) is 2.43. The van der Waals surface area contributed by atoms with E-state index in [2.05, 4.69) is 9.59 Å². The molecule has 1 aromatic heterocycles. The number of nitrogens with zero attached hydrogens (tertiary/aromatic N) is 2. The predicted molar refractivity (Wildman–Crippen MR) is 60.6 cm³/mol. The van der Waals surface area contributed by atoms with E-state index in [0.29, 0.717) is 5.69 Å². The van der Waals surface area contributed by atoms with Gasteiger partial charge in [0.2, 0.25) is 0 Å². The fourth-order valence-electron chi connectivity index (χ4n) is 1.37. The fourth-order valence-corrected chi connectivity index (χ4v) is 2.19. The van der Waals surface area contributed by atoms with Gasteiger partial charge in [0.25, 0.3) is 0 Å². The van der Waals surface area contributed by atoms with Crippen molar-refractivity contribution < 1.29 is 5.11 Å². The maximum atomic E-state index is 9.92. The Kier molecular flexibility index (Phi) is 2.54. The first-order valence-electron chi connectivity index (χ1n) is 4.69. The second kappa shape index (κ2) is 3.72. The van der Waals surface area contributed by atoms with E-state index in [9.17, 15) is 5.11 Å². The number of aliphatic hydroxyl groups is 1. The summed E-state index contributed by atoms with van der Waals surface area (Å²) in [5.41, 5.74) is 0.737. The molecule has 4 heteroatoms. The van der Waals surface area contributed by atoms with Crippen LogP contribution in [-0.2, 0) is 5.60 Å². The van der Waals surface area contributed by atoms with Gasteiger partial charge in [0.05, 0.1) is 4.88 Å². The van der Waals surface area contributed by atoms with Crippen LogP contribution in [-0.4, -0.2) is 14.7 Å². The first-order valence-corrected chi connectivity index (χ1v) is 5.47. The molecular weight excluding hydrogens is 208 g/mol. The van der Waals surface area contributed by atoms with Gasteiger partial charge >= 0.3 is 0 Å². The van der Waals surface area contributed by atoms with Crippen LogP contribution < -0.4 is 0 Å². The van der Waals surface area contributed by atoms with Crippen molar-refractivity contribution in [1.82, 2.24) is 9.59 Å². The second-order valence-electron chi connectivity index (χ2n) is 3.88. The second-order valence-corrected chi connectivity index (χ2v) is 4.63. The van der Waals surface area contributed by atoms with Crippen LogP contribution >= 0.6 is 11.5 Å². The van der Waals surface area contributed by atoms with Crippen molar-refractivity contribution in [2.75, 3.05) is 0 Å². The van der Waals surface area contributed by atoms with E-state index >= 15 is 0 Å². The quantitative estimate of drug-likeness (QED) is 0.845. The minimum atomic E-state index is -0.946. The molecule has 0 aliphatic heterocycles. The van der Waals surface area contributed by atoms with Crippen molar-refractivity contribution in [3.8, 4) is 10.4 Å². The van der Waals surface area contributed by atoms with Crippen LogP contribution in [0.25, 0.3) is 10.4 Å². The van der Waals surface area contributed by atoms with E-state index in [1.54, 1.807) is 13.8 Å². The normalized spacial score (nSPS) is 11.7. The van der Waals surface area contributed by atoms with Crippen molar-refractivity contribution in [1.29, 1.82) is 0 Å². The molecule has 0 aliphatic carbocycles. The first kappa shape index (κ1) is 10.3. The molecule has 1 N–H and O–H groups in total. The lowest BCUT2D eigenvalue weighted by molar-refractivity contribution is 0.0744. The third-order valence-corrected chi connectivity index (χ3v) is 2.88. The van der Waals surface area contributed by atoms with Crippen molar-refractivity contribution in [2.24, 2.45) is 0 Å². The van der Waals surface area contributed by atoms with Crippen molar-refractivity contribution >= 4 is 11.5 Å². The Hall–Kier alpha value is -1.26. The van der Waals surface area contributed by atoms with Crippen LogP contribution in [0.4, 0.5) is 0 Å². The lowest BCUT2D eigenvalue weighted by Crippen LogP contribution is -2.17. The van der Waals surface area contributed by atoms with Gasteiger partial charge in [-0.15, -0.1) is 5.10 Å². The van der Waals surface area contributed by atoms with E-state index in [4.69, 9.17) is 0 Å². The topological polar surface area (TPSA) is 46.0 Å². The third-order valence-electron chi connectivity index (χ3n) is 2.10. The van der Waals surface area contributed by atoms with Gasteiger partial charge in [0.1, 0.15) is 11.3 Å². The molecule has 1 heterocycles. The van der Waals surface area contributed by atoms with Crippen molar-refractivity contribution in [2.45, 2.75) is 19.4 Å². The highest BCUT2D eigenvalue weighted by Gasteiger charge is 2.24. The Balaban J connectivity index is 2.51. The summed E-state index contributed by atoms with van der Waals surface area (Å²) in [7, 11) is 0. The lowest BCUT2D eigenvalue weighted by atomic mass is 10.0. The summed E-state index contributed by atoms with van der Waals surface area (Å²) in [6.45, 7) is 3.44. The molecule has 1 aromatic carbocycles. The molecule has 0 radical (unpaired) electrons. The summed E-state index contributed by atoms with van der Waals surface area (Å²) in [6.07, 6.45) is 0. The van der Waals surface area contributed by atoms with Crippen LogP contribution in [0.3, 0.4) is 0 Å². The molecule has 0 saturated carbocycles. The van der Waals surface area contributed by atoms with Crippen LogP contribution in [0.5, 0.6) is 0 Å². The first-order chi connectivity index (χ1) is 7.09. The van der Waals surface area contributed by atoms with Crippen LogP contribution in [0.1, 0.15) is 19.5 Å². The maximum Gasteiger partial charge on any atom is 0.114 e. The minimum absolute atomic E-state index is 0.638. The van der Waals surface area contributed by atoms with Gasteiger partial charge in [0, 0.05) is 0 Å². The molecule has 0 atom stereocenters. The molecule has 0 aliphatic rings. The summed E-state index contributed by atoms with van der Waals surface area (Å²) in [5, 5.41) is 13.9. The van der Waals surface area contributed by atoms with Gasteiger partial charge < -0.3 is 5.11 Å². The van der Waals surface area contributed by atoms with Crippen LogP contribution in [0, 0.1) is 0 Å². The zero-order chi connectivity index (χ0) is 10.9. The Morgan fingerprint density at radius 2 is 1.87 bits per heavy atom. The monoisotopic (exact) mass is 220 g/mol. The summed E-state index contributed by atoms with van der Waals surface area (Å²) in [4.78, 5) is 0.933. The maximum absolute atomic E-state index is 9.92. The van der Waals surface area contributed by atoms with E-state index in [1.165, 1.54) is 11.5 Å². The molecule has 0 spiro atoms. The molecule has 15 heavy (non-hydrogen) atoms. The Bertz CT molecular complexity index is 445. The average molecular weight is 220 g/mol. The molecule has 0 bridgehead atoms. The van der Waals surface area contributed by atoms with E-state index in [1.807, 2.05) is 30.3 Å². The number of aromatic nitrogens is 2. The Morgan fingerprint density at radius 1 is 1.20 bits per heavy atom. The zero-order valence-electron chi connectivity index (χ0n) is 8.64. The van der Waals surface area contributed by atoms with Gasteiger partial charge in [-0.3, -0.25) is 0 Å². The highest BCUT2D eigenvalue weighted by atomic mass is 32.1. The average Bonchev–Trinajstić information content (AvgIpc) is 2.67. The zero-order valence-corrected chi connectivity index (χ0v) is 9.45. The Labute approximate surface area is 92.6 Å². The van der Waals surface area contributed by atoms with Crippen LogP contribution in [0.15, 0.2) is 30.3 Å². The molecule has 2 rings (SSSR count). The summed E-state index contributed by atoms with van der Waals surface area (Å²) < 4.78 is 3.90. The third kappa shape index (κ3) is 2.06. The minimum Gasteiger partial charge on any atom is -0.384 e. The molecule has 0 saturated heterocycles. The Morgan fingerprint density at radius 3 is 2.47 bits per heavy atom.